The largest absolute Gasteiger partial charge is 0.378 e. The monoisotopic (exact) mass is 339 g/mol. The van der Waals surface area contributed by atoms with E-state index in [1.807, 2.05) is 0 Å². The number of hydrogen-bond acceptors (Lipinski definition) is 4. The molecule has 0 N–H and O–H groups in total. The molecule has 2 aliphatic heterocycles. The van der Waals surface area contributed by atoms with E-state index in [4.69, 9.17) is 4.74 Å². The van der Waals surface area contributed by atoms with E-state index in [2.05, 4.69) is 56.5 Å². The molecule has 2 saturated heterocycles. The zero-order valence-corrected chi connectivity index (χ0v) is 17.1. The Kier molecular flexibility index (Phi) is 7.54. The fraction of sp³-hybridized carbons (Fsp3) is 1.00. The van der Waals surface area contributed by atoms with Gasteiger partial charge < -0.3 is 14.5 Å². The van der Waals surface area contributed by atoms with Crippen molar-refractivity contribution in [2.24, 2.45) is 0 Å². The molecule has 24 heavy (non-hydrogen) atoms. The Morgan fingerprint density at radius 3 is 2.08 bits per heavy atom. The second kappa shape index (κ2) is 8.98. The number of nitrogens with zero attached hydrogens (tertiary/aromatic N) is 3. The van der Waals surface area contributed by atoms with Gasteiger partial charge in [-0.3, -0.25) is 4.90 Å². The van der Waals surface area contributed by atoms with Gasteiger partial charge in [0.05, 0.1) is 6.10 Å². The molecule has 0 radical (unpaired) electrons. The summed E-state index contributed by atoms with van der Waals surface area (Å²) in [7, 11) is 4.42. The molecular weight excluding hydrogens is 298 g/mol. The molecule has 0 spiro atoms. The highest BCUT2D eigenvalue weighted by Gasteiger charge is 2.28. The highest BCUT2D eigenvalue weighted by atomic mass is 16.5. The molecule has 142 valence electrons. The molecule has 0 bridgehead atoms. The van der Waals surface area contributed by atoms with E-state index in [1.165, 1.54) is 58.3 Å². The topological polar surface area (TPSA) is 19.0 Å². The van der Waals surface area contributed by atoms with Gasteiger partial charge in [0.2, 0.25) is 0 Å². The van der Waals surface area contributed by atoms with Crippen molar-refractivity contribution in [2.45, 2.75) is 83.5 Å². The van der Waals surface area contributed by atoms with Crippen LogP contribution >= 0.6 is 0 Å². The average molecular weight is 340 g/mol. The summed E-state index contributed by atoms with van der Waals surface area (Å²) >= 11 is 0. The summed E-state index contributed by atoms with van der Waals surface area (Å²) in [5, 5.41) is 0. The van der Waals surface area contributed by atoms with Crippen LogP contribution in [0, 0.1) is 0 Å². The second-order valence-corrected chi connectivity index (χ2v) is 9.10. The molecule has 0 aliphatic carbocycles. The van der Waals surface area contributed by atoms with Crippen molar-refractivity contribution in [3.8, 4) is 0 Å². The summed E-state index contributed by atoms with van der Waals surface area (Å²) in [5.41, 5.74) is 0.304. The maximum absolute atomic E-state index is 6.20. The fourth-order valence-electron chi connectivity index (χ4n) is 4.12. The smallest absolute Gasteiger partial charge is 0.0599 e. The Hall–Kier alpha value is -0.160. The molecule has 2 aliphatic rings. The van der Waals surface area contributed by atoms with Crippen LogP contribution in [0.3, 0.4) is 0 Å². The SMILES string of the molecule is CC(CCOC1CCN(C(C)(C)C)CC1)N1CCC(N(C)C)CC1. The van der Waals surface area contributed by atoms with Crippen LogP contribution in [0.25, 0.3) is 0 Å². The lowest BCUT2D eigenvalue weighted by Crippen LogP contribution is -2.48. The van der Waals surface area contributed by atoms with Gasteiger partial charge in [-0.2, -0.15) is 0 Å². The quantitative estimate of drug-likeness (QED) is 0.740. The zero-order chi connectivity index (χ0) is 17.7. The molecule has 1 unspecified atom stereocenters. The van der Waals surface area contributed by atoms with Crippen molar-refractivity contribution in [1.82, 2.24) is 14.7 Å². The number of hydrogen-bond donors (Lipinski definition) is 0. The van der Waals surface area contributed by atoms with Crippen LogP contribution in [0.15, 0.2) is 0 Å². The number of ether oxygens (including phenoxy) is 1. The van der Waals surface area contributed by atoms with Gasteiger partial charge in [-0.05, 0) is 87.0 Å². The lowest BCUT2D eigenvalue weighted by molar-refractivity contribution is -0.0202. The van der Waals surface area contributed by atoms with Gasteiger partial charge in [0, 0.05) is 37.3 Å². The van der Waals surface area contributed by atoms with Crippen molar-refractivity contribution >= 4 is 0 Å². The van der Waals surface area contributed by atoms with Gasteiger partial charge in [-0.25, -0.2) is 0 Å². The van der Waals surface area contributed by atoms with Crippen LogP contribution in [0.2, 0.25) is 0 Å². The van der Waals surface area contributed by atoms with Crippen molar-refractivity contribution in [2.75, 3.05) is 46.9 Å². The summed E-state index contributed by atoms with van der Waals surface area (Å²) in [4.78, 5) is 7.63. The third kappa shape index (κ3) is 5.98. The lowest BCUT2D eigenvalue weighted by Gasteiger charge is -2.41. The number of rotatable bonds is 6. The van der Waals surface area contributed by atoms with E-state index < -0.39 is 0 Å². The Bertz CT molecular complexity index is 350. The molecule has 0 saturated carbocycles. The summed E-state index contributed by atoms with van der Waals surface area (Å²) in [6.45, 7) is 15.1. The summed E-state index contributed by atoms with van der Waals surface area (Å²) in [6.07, 6.45) is 6.66. The third-order valence-corrected chi connectivity index (χ3v) is 6.13. The Morgan fingerprint density at radius 2 is 1.58 bits per heavy atom. The van der Waals surface area contributed by atoms with E-state index in [9.17, 15) is 0 Å². The van der Waals surface area contributed by atoms with Gasteiger partial charge in [-0.1, -0.05) is 0 Å². The third-order valence-electron chi connectivity index (χ3n) is 6.13. The van der Waals surface area contributed by atoms with E-state index in [1.54, 1.807) is 0 Å². The molecule has 0 aromatic heterocycles. The average Bonchev–Trinajstić information content (AvgIpc) is 2.54. The van der Waals surface area contributed by atoms with Crippen molar-refractivity contribution in [3.63, 3.8) is 0 Å². The summed E-state index contributed by atoms with van der Waals surface area (Å²) < 4.78 is 6.20. The van der Waals surface area contributed by atoms with Crippen LogP contribution in [-0.2, 0) is 4.74 Å². The van der Waals surface area contributed by atoms with Crippen LogP contribution < -0.4 is 0 Å². The molecule has 0 aromatic rings. The Labute approximate surface area is 150 Å². The lowest BCUT2D eigenvalue weighted by atomic mass is 9.99. The highest BCUT2D eigenvalue weighted by Crippen LogP contribution is 2.22. The van der Waals surface area contributed by atoms with Crippen LogP contribution in [0.5, 0.6) is 0 Å². The summed E-state index contributed by atoms with van der Waals surface area (Å²) in [6, 6.07) is 1.43. The van der Waals surface area contributed by atoms with Crippen molar-refractivity contribution in [3.05, 3.63) is 0 Å². The Balaban J connectivity index is 1.59. The van der Waals surface area contributed by atoms with Gasteiger partial charge in [0.15, 0.2) is 0 Å². The van der Waals surface area contributed by atoms with Gasteiger partial charge >= 0.3 is 0 Å². The minimum atomic E-state index is 0.304. The molecule has 0 aromatic carbocycles. The molecule has 4 heteroatoms. The minimum absolute atomic E-state index is 0.304. The molecule has 0 amide bonds. The molecule has 2 rings (SSSR count). The van der Waals surface area contributed by atoms with E-state index in [0.717, 1.165) is 12.6 Å². The maximum Gasteiger partial charge on any atom is 0.0599 e. The molecule has 1 atom stereocenters. The van der Waals surface area contributed by atoms with E-state index >= 15 is 0 Å². The Morgan fingerprint density at radius 1 is 1.00 bits per heavy atom. The number of piperidine rings is 2. The van der Waals surface area contributed by atoms with Crippen molar-refractivity contribution < 1.29 is 4.74 Å². The zero-order valence-electron chi connectivity index (χ0n) is 17.1. The molecule has 2 heterocycles. The normalized spacial score (nSPS) is 24.6. The van der Waals surface area contributed by atoms with Crippen LogP contribution in [0.4, 0.5) is 0 Å². The van der Waals surface area contributed by atoms with E-state index in [-0.39, 0.29) is 0 Å². The molecular formula is C20H41N3O. The minimum Gasteiger partial charge on any atom is -0.378 e. The molecule has 2 fully saturated rings. The first kappa shape index (κ1) is 20.2. The molecule has 4 nitrogen and oxygen atoms in total. The highest BCUT2D eigenvalue weighted by molar-refractivity contribution is 4.83. The first-order valence-electron chi connectivity index (χ1n) is 10.0. The first-order valence-corrected chi connectivity index (χ1v) is 10.0. The van der Waals surface area contributed by atoms with Crippen LogP contribution in [-0.4, -0.2) is 85.3 Å². The standard InChI is InChI=1S/C20H41N3O/c1-17(22-12-7-18(8-13-22)21(5)6)11-16-24-19-9-14-23(15-10-19)20(2,3)4/h17-19H,7-16H2,1-6H3. The predicted molar refractivity (Wildman–Crippen MR) is 103 cm³/mol. The maximum atomic E-state index is 6.20. The first-order chi connectivity index (χ1) is 11.3. The summed E-state index contributed by atoms with van der Waals surface area (Å²) in [5.74, 6) is 0. The number of likely N-dealkylation sites (tertiary alicyclic amines) is 2. The second-order valence-electron chi connectivity index (χ2n) is 9.10. The van der Waals surface area contributed by atoms with Gasteiger partial charge in [0.25, 0.3) is 0 Å². The fourth-order valence-corrected chi connectivity index (χ4v) is 4.12. The van der Waals surface area contributed by atoms with E-state index in [0.29, 0.717) is 17.7 Å². The predicted octanol–water partition coefficient (Wildman–Crippen LogP) is 3.07. The van der Waals surface area contributed by atoms with Gasteiger partial charge in [0.1, 0.15) is 0 Å². The van der Waals surface area contributed by atoms with Gasteiger partial charge in [-0.15, -0.1) is 0 Å². The van der Waals surface area contributed by atoms with Crippen LogP contribution in [0.1, 0.15) is 59.8 Å². The van der Waals surface area contributed by atoms with Crippen molar-refractivity contribution in [1.29, 1.82) is 0 Å².